The number of ether oxygens (including phenoxy) is 1. The molecule has 2 aliphatic rings. The Morgan fingerprint density at radius 3 is 2.86 bits per heavy atom. The van der Waals surface area contributed by atoms with Crippen molar-refractivity contribution in [3.63, 3.8) is 0 Å². The number of hydrogen-bond acceptors (Lipinski definition) is 8. The maximum absolute atomic E-state index is 15.0. The molecule has 0 saturated carbocycles. The molecular formula is C19H22FN7OS. The van der Waals surface area contributed by atoms with E-state index in [9.17, 15) is 0 Å². The molecule has 10 heteroatoms. The highest BCUT2D eigenvalue weighted by Crippen LogP contribution is 2.41. The topological polar surface area (TPSA) is 96.2 Å². The van der Waals surface area contributed by atoms with Crippen LogP contribution < -0.4 is 15.4 Å². The van der Waals surface area contributed by atoms with E-state index in [4.69, 9.17) is 10.5 Å². The van der Waals surface area contributed by atoms with Gasteiger partial charge in [-0.25, -0.2) is 4.39 Å². The van der Waals surface area contributed by atoms with Crippen molar-refractivity contribution >= 4 is 16.5 Å². The van der Waals surface area contributed by atoms with Crippen molar-refractivity contribution in [3.05, 3.63) is 30.3 Å². The van der Waals surface area contributed by atoms with Gasteiger partial charge in [0.25, 0.3) is 0 Å². The first kappa shape index (κ1) is 18.5. The fourth-order valence-electron chi connectivity index (χ4n) is 4.47. The standard InChI is InChI=1S/C19H22FN7OS/c1-26-7-13-8-27(10-19(13,21)9-26)18-25-24-17(29-18)16-14(20)3-11(4-15(16)28-2)12-5-22-23-6-12/h3-6,13H,7-10,21H2,1-2H3,(H,22,23)/t13?,19-/m1/s1. The average Bonchev–Trinajstić information content (AvgIpc) is 3.43. The number of nitrogens with two attached hydrogens (primary N) is 1. The number of anilines is 1. The Morgan fingerprint density at radius 2 is 2.14 bits per heavy atom. The molecule has 2 aliphatic heterocycles. The number of H-pyrrole nitrogens is 1. The lowest BCUT2D eigenvalue weighted by molar-refractivity contribution is 0.373. The number of halogens is 1. The van der Waals surface area contributed by atoms with Crippen LogP contribution in [0.4, 0.5) is 9.52 Å². The Morgan fingerprint density at radius 1 is 1.28 bits per heavy atom. The number of nitrogens with one attached hydrogen (secondary N) is 1. The van der Waals surface area contributed by atoms with Gasteiger partial charge in [0.2, 0.25) is 5.13 Å². The molecule has 2 fully saturated rings. The van der Waals surface area contributed by atoms with Gasteiger partial charge in [-0.15, -0.1) is 10.2 Å². The van der Waals surface area contributed by atoms with Gasteiger partial charge in [-0.1, -0.05) is 11.3 Å². The first-order valence-corrected chi connectivity index (χ1v) is 10.2. The van der Waals surface area contributed by atoms with Crippen LogP contribution in [0.3, 0.4) is 0 Å². The molecule has 2 saturated heterocycles. The third-order valence-electron chi connectivity index (χ3n) is 5.84. The number of nitrogens with zero attached hydrogens (tertiary/aromatic N) is 5. The van der Waals surface area contributed by atoms with Crippen LogP contribution in [-0.4, -0.2) is 71.2 Å². The normalized spacial score (nSPS) is 24.3. The zero-order valence-corrected chi connectivity index (χ0v) is 17.0. The predicted octanol–water partition coefficient (Wildman–Crippen LogP) is 1.82. The smallest absolute Gasteiger partial charge is 0.208 e. The van der Waals surface area contributed by atoms with Crippen molar-refractivity contribution in [1.82, 2.24) is 25.3 Å². The van der Waals surface area contributed by atoms with Crippen LogP contribution in [0.5, 0.6) is 5.75 Å². The van der Waals surface area contributed by atoms with Crippen molar-refractivity contribution in [2.75, 3.05) is 45.2 Å². The molecule has 4 heterocycles. The third-order valence-corrected chi connectivity index (χ3v) is 6.84. The van der Waals surface area contributed by atoms with Crippen LogP contribution >= 0.6 is 11.3 Å². The molecule has 3 N–H and O–H groups in total. The minimum Gasteiger partial charge on any atom is -0.496 e. The highest BCUT2D eigenvalue weighted by molar-refractivity contribution is 7.18. The lowest BCUT2D eigenvalue weighted by Crippen LogP contribution is -2.48. The van der Waals surface area contributed by atoms with Gasteiger partial charge in [-0.05, 0) is 24.7 Å². The number of benzene rings is 1. The first-order chi connectivity index (χ1) is 14.0. The van der Waals surface area contributed by atoms with E-state index in [2.05, 4.69) is 37.2 Å². The van der Waals surface area contributed by atoms with Crippen LogP contribution in [0.1, 0.15) is 0 Å². The van der Waals surface area contributed by atoms with E-state index in [1.807, 2.05) is 0 Å². The molecule has 152 valence electrons. The summed E-state index contributed by atoms with van der Waals surface area (Å²) in [6.45, 7) is 3.43. The summed E-state index contributed by atoms with van der Waals surface area (Å²) >= 11 is 1.36. The molecule has 0 amide bonds. The molecule has 0 bridgehead atoms. The van der Waals surface area contributed by atoms with Gasteiger partial charge in [-0.3, -0.25) is 5.10 Å². The number of rotatable bonds is 4. The van der Waals surface area contributed by atoms with E-state index >= 15 is 4.39 Å². The Kier molecular flexibility index (Phi) is 4.30. The lowest BCUT2D eigenvalue weighted by atomic mass is 9.92. The monoisotopic (exact) mass is 415 g/mol. The zero-order chi connectivity index (χ0) is 20.2. The highest BCUT2D eigenvalue weighted by atomic mass is 32.1. The van der Waals surface area contributed by atoms with Crippen LogP contribution in [0.15, 0.2) is 24.5 Å². The van der Waals surface area contributed by atoms with E-state index in [0.717, 1.165) is 36.9 Å². The summed E-state index contributed by atoms with van der Waals surface area (Å²) in [5.41, 5.74) is 8.19. The van der Waals surface area contributed by atoms with E-state index in [1.165, 1.54) is 24.5 Å². The Hall–Kier alpha value is -2.56. The second-order valence-corrected chi connectivity index (χ2v) is 8.88. The molecule has 8 nitrogen and oxygen atoms in total. The summed E-state index contributed by atoms with van der Waals surface area (Å²) < 4.78 is 20.5. The van der Waals surface area contributed by atoms with Crippen molar-refractivity contribution in [2.24, 2.45) is 11.7 Å². The van der Waals surface area contributed by atoms with Crippen LogP contribution in [0, 0.1) is 11.7 Å². The van der Waals surface area contributed by atoms with Crippen molar-refractivity contribution < 1.29 is 9.13 Å². The van der Waals surface area contributed by atoms with Gasteiger partial charge < -0.3 is 20.3 Å². The summed E-state index contributed by atoms with van der Waals surface area (Å²) in [5.74, 6) is 0.415. The van der Waals surface area contributed by atoms with E-state index in [1.54, 1.807) is 18.5 Å². The minimum absolute atomic E-state index is 0.226. The number of aromatic nitrogens is 4. The van der Waals surface area contributed by atoms with Gasteiger partial charge in [0.05, 0.1) is 24.4 Å². The molecular weight excluding hydrogens is 393 g/mol. The number of likely N-dealkylation sites (N-methyl/N-ethyl adjacent to an activating group) is 1. The van der Waals surface area contributed by atoms with Crippen LogP contribution in [0.2, 0.25) is 0 Å². The van der Waals surface area contributed by atoms with Crippen LogP contribution in [-0.2, 0) is 0 Å². The zero-order valence-electron chi connectivity index (χ0n) is 16.2. The first-order valence-electron chi connectivity index (χ1n) is 9.40. The molecule has 1 unspecified atom stereocenters. The Labute approximate surface area is 171 Å². The van der Waals surface area contributed by atoms with Gasteiger partial charge in [0.1, 0.15) is 11.6 Å². The SMILES string of the molecule is COc1cc(-c2cn[nH]c2)cc(F)c1-c1nnc(N2CC3CN(C)C[C@@]3(N)C2)s1. The van der Waals surface area contributed by atoms with E-state index in [0.29, 0.717) is 27.8 Å². The number of aromatic amines is 1. The van der Waals surface area contributed by atoms with Crippen molar-refractivity contribution in [3.8, 4) is 27.4 Å². The number of fused-ring (bicyclic) bond motifs is 1. The van der Waals surface area contributed by atoms with Crippen LogP contribution in [0.25, 0.3) is 21.7 Å². The quantitative estimate of drug-likeness (QED) is 0.671. The lowest BCUT2D eigenvalue weighted by Gasteiger charge is -2.23. The fraction of sp³-hybridized carbons (Fsp3) is 0.421. The molecule has 2 aromatic heterocycles. The largest absolute Gasteiger partial charge is 0.496 e. The van der Waals surface area contributed by atoms with Gasteiger partial charge in [-0.2, -0.15) is 5.10 Å². The number of hydrogen-bond donors (Lipinski definition) is 2. The second kappa shape index (κ2) is 6.75. The maximum atomic E-state index is 15.0. The molecule has 0 spiro atoms. The molecule has 29 heavy (non-hydrogen) atoms. The molecule has 1 aromatic carbocycles. The molecule has 5 rings (SSSR count). The Bertz CT molecular complexity index is 1040. The highest BCUT2D eigenvalue weighted by Gasteiger charge is 2.49. The third kappa shape index (κ3) is 3.07. The van der Waals surface area contributed by atoms with Gasteiger partial charge in [0, 0.05) is 43.9 Å². The maximum Gasteiger partial charge on any atom is 0.208 e. The molecule has 0 aliphatic carbocycles. The average molecular weight is 415 g/mol. The molecule has 2 atom stereocenters. The minimum atomic E-state index is -0.404. The number of likely N-dealkylation sites (tertiary alicyclic amines) is 1. The summed E-state index contributed by atoms with van der Waals surface area (Å²) in [5, 5.41) is 16.5. The summed E-state index contributed by atoms with van der Waals surface area (Å²) in [6.07, 6.45) is 3.35. The number of methoxy groups -OCH3 is 1. The van der Waals surface area contributed by atoms with E-state index < -0.39 is 5.82 Å². The molecule has 3 aromatic rings. The summed E-state index contributed by atoms with van der Waals surface area (Å²) in [6, 6.07) is 3.25. The van der Waals surface area contributed by atoms with Gasteiger partial charge in [0.15, 0.2) is 5.01 Å². The summed E-state index contributed by atoms with van der Waals surface area (Å²) in [4.78, 5) is 4.44. The summed E-state index contributed by atoms with van der Waals surface area (Å²) in [7, 11) is 3.62. The predicted molar refractivity (Wildman–Crippen MR) is 110 cm³/mol. The molecule has 0 radical (unpaired) electrons. The fourth-order valence-corrected chi connectivity index (χ4v) is 5.38. The Balaban J connectivity index is 1.45. The van der Waals surface area contributed by atoms with Crippen molar-refractivity contribution in [2.45, 2.75) is 5.54 Å². The van der Waals surface area contributed by atoms with Crippen molar-refractivity contribution in [1.29, 1.82) is 0 Å². The van der Waals surface area contributed by atoms with E-state index in [-0.39, 0.29) is 5.54 Å². The van der Waals surface area contributed by atoms with Gasteiger partial charge >= 0.3 is 0 Å². The second-order valence-electron chi connectivity index (χ2n) is 7.92.